The van der Waals surface area contributed by atoms with Crippen LogP contribution in [0.5, 0.6) is 11.5 Å². The van der Waals surface area contributed by atoms with Crippen molar-refractivity contribution in [3.8, 4) is 22.9 Å². The zero-order valence-electron chi connectivity index (χ0n) is 10.7. The van der Waals surface area contributed by atoms with Crippen LogP contribution in [-0.2, 0) is 6.54 Å². The Hall–Kier alpha value is -1.82. The van der Waals surface area contributed by atoms with Gasteiger partial charge in [0.1, 0.15) is 0 Å². The van der Waals surface area contributed by atoms with Crippen LogP contribution in [0.25, 0.3) is 11.4 Å². The van der Waals surface area contributed by atoms with Crippen LogP contribution in [0.4, 0.5) is 0 Å². The third kappa shape index (κ3) is 2.23. The van der Waals surface area contributed by atoms with E-state index in [1.807, 2.05) is 29.7 Å². The number of hydrogen-bond donors (Lipinski definition) is 1. The molecule has 100 valence electrons. The highest BCUT2D eigenvalue weighted by Crippen LogP contribution is 2.33. The van der Waals surface area contributed by atoms with Gasteiger partial charge in [0.05, 0.1) is 13.2 Å². The number of aromatic nitrogens is 3. The van der Waals surface area contributed by atoms with Crippen LogP contribution < -0.4 is 9.47 Å². The zero-order chi connectivity index (χ0) is 13.2. The van der Waals surface area contributed by atoms with Crippen molar-refractivity contribution in [2.75, 3.05) is 13.2 Å². The summed E-state index contributed by atoms with van der Waals surface area (Å²) in [5.74, 6) is 2.38. The Morgan fingerprint density at radius 3 is 2.89 bits per heavy atom. The van der Waals surface area contributed by atoms with E-state index >= 15 is 0 Å². The Balaban J connectivity index is 2.06. The van der Waals surface area contributed by atoms with Crippen molar-refractivity contribution in [2.45, 2.75) is 19.9 Å². The van der Waals surface area contributed by atoms with Crippen molar-refractivity contribution in [1.82, 2.24) is 14.8 Å². The summed E-state index contributed by atoms with van der Waals surface area (Å²) < 4.78 is 13.9. The normalized spacial score (nSPS) is 14.2. The second-order valence-corrected chi connectivity index (χ2v) is 4.70. The summed E-state index contributed by atoms with van der Waals surface area (Å²) in [5, 5.41) is 7.10. The first kappa shape index (κ1) is 12.2. The molecular formula is C13H15N3O2S. The number of nitrogens with one attached hydrogen (secondary N) is 1. The first-order valence-corrected chi connectivity index (χ1v) is 6.75. The highest BCUT2D eigenvalue weighted by molar-refractivity contribution is 7.71. The van der Waals surface area contributed by atoms with Gasteiger partial charge in [-0.15, -0.1) is 0 Å². The Bertz CT molecular complexity index is 648. The van der Waals surface area contributed by atoms with Crippen molar-refractivity contribution < 1.29 is 9.47 Å². The molecule has 1 N–H and O–H groups in total. The van der Waals surface area contributed by atoms with Crippen LogP contribution in [-0.4, -0.2) is 28.0 Å². The minimum atomic E-state index is 0.629. The molecule has 5 nitrogen and oxygen atoms in total. The molecule has 2 aromatic rings. The van der Waals surface area contributed by atoms with Crippen molar-refractivity contribution in [3.05, 3.63) is 23.0 Å². The van der Waals surface area contributed by atoms with Crippen molar-refractivity contribution >= 4 is 12.2 Å². The van der Waals surface area contributed by atoms with E-state index in [4.69, 9.17) is 21.7 Å². The topological polar surface area (TPSA) is 52.1 Å². The number of aromatic amines is 1. The SMILES string of the molecule is CCn1c(-c2ccc3c(c2)OCCCO3)n[nH]c1=S. The maximum Gasteiger partial charge on any atom is 0.195 e. The Morgan fingerprint density at radius 2 is 2.11 bits per heavy atom. The average molecular weight is 277 g/mol. The van der Waals surface area contributed by atoms with Gasteiger partial charge >= 0.3 is 0 Å². The Morgan fingerprint density at radius 1 is 1.32 bits per heavy atom. The molecule has 1 aliphatic heterocycles. The van der Waals surface area contributed by atoms with Crippen LogP contribution >= 0.6 is 12.2 Å². The van der Waals surface area contributed by atoms with Gasteiger partial charge in [-0.2, -0.15) is 5.10 Å². The molecule has 0 radical (unpaired) electrons. The van der Waals surface area contributed by atoms with Gasteiger partial charge in [-0.25, -0.2) is 0 Å². The molecule has 0 fully saturated rings. The summed E-state index contributed by atoms with van der Waals surface area (Å²) in [7, 11) is 0. The fourth-order valence-electron chi connectivity index (χ4n) is 2.13. The molecule has 1 aromatic carbocycles. The quantitative estimate of drug-likeness (QED) is 0.858. The Kier molecular flexibility index (Phi) is 3.25. The summed E-state index contributed by atoms with van der Waals surface area (Å²) >= 11 is 5.20. The average Bonchev–Trinajstić information content (AvgIpc) is 2.66. The zero-order valence-corrected chi connectivity index (χ0v) is 11.5. The van der Waals surface area contributed by atoms with Crippen LogP contribution in [0.2, 0.25) is 0 Å². The lowest BCUT2D eigenvalue weighted by Gasteiger charge is -2.09. The molecule has 0 aliphatic carbocycles. The number of benzene rings is 1. The van der Waals surface area contributed by atoms with E-state index < -0.39 is 0 Å². The van der Waals surface area contributed by atoms with E-state index in [9.17, 15) is 0 Å². The predicted octanol–water partition coefficient (Wildman–Crippen LogP) is 2.79. The highest BCUT2D eigenvalue weighted by atomic mass is 32.1. The lowest BCUT2D eigenvalue weighted by Crippen LogP contribution is -1.98. The minimum absolute atomic E-state index is 0.629. The first-order valence-electron chi connectivity index (χ1n) is 6.35. The fourth-order valence-corrected chi connectivity index (χ4v) is 2.40. The molecule has 0 amide bonds. The maximum atomic E-state index is 5.69. The van der Waals surface area contributed by atoms with E-state index in [1.54, 1.807) is 0 Å². The lowest BCUT2D eigenvalue weighted by molar-refractivity contribution is 0.297. The van der Waals surface area contributed by atoms with E-state index in [1.165, 1.54) is 0 Å². The van der Waals surface area contributed by atoms with E-state index in [2.05, 4.69) is 10.2 Å². The summed E-state index contributed by atoms with van der Waals surface area (Å²) in [6.45, 7) is 4.19. The molecule has 0 bridgehead atoms. The van der Waals surface area contributed by atoms with E-state index in [0.29, 0.717) is 18.0 Å². The van der Waals surface area contributed by atoms with Gasteiger partial charge in [0.2, 0.25) is 0 Å². The van der Waals surface area contributed by atoms with E-state index in [-0.39, 0.29) is 0 Å². The molecule has 6 heteroatoms. The molecule has 19 heavy (non-hydrogen) atoms. The number of H-pyrrole nitrogens is 1. The molecule has 1 aromatic heterocycles. The molecule has 0 unspecified atom stereocenters. The molecule has 1 aliphatic rings. The largest absolute Gasteiger partial charge is 0.490 e. The molecule has 2 heterocycles. The number of fused-ring (bicyclic) bond motifs is 1. The van der Waals surface area contributed by atoms with Crippen molar-refractivity contribution in [3.63, 3.8) is 0 Å². The molecule has 0 saturated heterocycles. The van der Waals surface area contributed by atoms with E-state index in [0.717, 1.165) is 35.9 Å². The smallest absolute Gasteiger partial charge is 0.195 e. The summed E-state index contributed by atoms with van der Waals surface area (Å²) in [4.78, 5) is 0. The van der Waals surface area contributed by atoms with Gasteiger partial charge in [-0.1, -0.05) is 0 Å². The van der Waals surface area contributed by atoms with Crippen LogP contribution in [0.15, 0.2) is 18.2 Å². The summed E-state index contributed by atoms with van der Waals surface area (Å²) in [6, 6.07) is 5.86. The first-order chi connectivity index (χ1) is 9.29. The highest BCUT2D eigenvalue weighted by Gasteiger charge is 2.14. The molecule has 0 atom stereocenters. The lowest BCUT2D eigenvalue weighted by atomic mass is 10.2. The van der Waals surface area contributed by atoms with Crippen LogP contribution in [0.3, 0.4) is 0 Å². The maximum absolute atomic E-state index is 5.69. The third-order valence-corrected chi connectivity index (χ3v) is 3.39. The van der Waals surface area contributed by atoms with Crippen LogP contribution in [0.1, 0.15) is 13.3 Å². The minimum Gasteiger partial charge on any atom is -0.490 e. The second-order valence-electron chi connectivity index (χ2n) is 4.31. The van der Waals surface area contributed by atoms with Crippen molar-refractivity contribution in [1.29, 1.82) is 0 Å². The number of rotatable bonds is 2. The van der Waals surface area contributed by atoms with Gasteiger partial charge in [0.25, 0.3) is 0 Å². The van der Waals surface area contributed by atoms with Gasteiger partial charge in [-0.3, -0.25) is 5.10 Å². The Labute approximate surface area is 116 Å². The summed E-state index contributed by atoms with van der Waals surface area (Å²) in [6.07, 6.45) is 0.900. The standard InChI is InChI=1S/C13H15N3O2S/c1-2-16-12(14-15-13(16)19)9-4-5-10-11(8-9)18-7-3-6-17-10/h4-5,8H,2-3,6-7H2,1H3,(H,15,19). The van der Waals surface area contributed by atoms with Gasteiger partial charge < -0.3 is 14.0 Å². The van der Waals surface area contributed by atoms with Gasteiger partial charge in [-0.05, 0) is 37.3 Å². The van der Waals surface area contributed by atoms with Crippen molar-refractivity contribution in [2.24, 2.45) is 0 Å². The predicted molar refractivity (Wildman–Crippen MR) is 74.1 cm³/mol. The summed E-state index contributed by atoms with van der Waals surface area (Å²) in [5.41, 5.74) is 0.971. The molecule has 0 spiro atoms. The van der Waals surface area contributed by atoms with Gasteiger partial charge in [0.15, 0.2) is 22.1 Å². The second kappa shape index (κ2) is 5.05. The number of ether oxygens (including phenoxy) is 2. The number of nitrogens with zero attached hydrogens (tertiary/aromatic N) is 2. The van der Waals surface area contributed by atoms with Crippen LogP contribution in [0, 0.1) is 4.77 Å². The molecule has 0 saturated carbocycles. The fraction of sp³-hybridized carbons (Fsp3) is 0.385. The number of hydrogen-bond acceptors (Lipinski definition) is 4. The van der Waals surface area contributed by atoms with Gasteiger partial charge in [0, 0.05) is 18.5 Å². The molecule has 3 rings (SSSR count). The molecular weight excluding hydrogens is 262 g/mol. The monoisotopic (exact) mass is 277 g/mol. The third-order valence-electron chi connectivity index (χ3n) is 3.08.